The van der Waals surface area contributed by atoms with Crippen molar-refractivity contribution in [2.45, 2.75) is 32.7 Å². The van der Waals surface area contributed by atoms with E-state index in [2.05, 4.69) is 67.2 Å². The first kappa shape index (κ1) is 21.5. The first-order chi connectivity index (χ1) is 14.3. The molecule has 3 rings (SSSR count). The number of nitrogens with zero attached hydrogens (tertiary/aromatic N) is 1. The highest BCUT2D eigenvalue weighted by Gasteiger charge is 2.14. The molecule has 0 saturated heterocycles. The van der Waals surface area contributed by atoms with Gasteiger partial charge >= 0.3 is 0 Å². The summed E-state index contributed by atoms with van der Waals surface area (Å²) in [4.78, 5) is 28.3. The van der Waals surface area contributed by atoms with Crippen LogP contribution in [0, 0.1) is 0 Å². The summed E-state index contributed by atoms with van der Waals surface area (Å²) in [6.07, 6.45) is 1.23. The Bertz CT molecular complexity index is 1050. The minimum Gasteiger partial charge on any atom is -0.348 e. The number of hydrogen-bond acceptors (Lipinski definition) is 4. The van der Waals surface area contributed by atoms with Gasteiger partial charge in [0.2, 0.25) is 5.91 Å². The molecule has 5 nitrogen and oxygen atoms in total. The van der Waals surface area contributed by atoms with E-state index in [0.717, 1.165) is 16.8 Å². The maximum atomic E-state index is 12.5. The fourth-order valence-corrected chi connectivity index (χ4v) is 3.52. The second-order valence-corrected chi connectivity index (χ2v) is 8.80. The van der Waals surface area contributed by atoms with Gasteiger partial charge in [0.25, 0.3) is 5.91 Å². The van der Waals surface area contributed by atoms with Crippen LogP contribution in [0.2, 0.25) is 0 Å². The van der Waals surface area contributed by atoms with Crippen molar-refractivity contribution in [3.63, 3.8) is 0 Å². The molecule has 0 atom stereocenters. The Morgan fingerprint density at radius 1 is 1.07 bits per heavy atom. The Morgan fingerprint density at radius 2 is 1.73 bits per heavy atom. The second-order valence-electron chi connectivity index (χ2n) is 7.94. The molecule has 2 N–H and O–H groups in total. The topological polar surface area (TPSA) is 71.1 Å². The summed E-state index contributed by atoms with van der Waals surface area (Å²) in [5.41, 5.74) is 4.65. The zero-order chi connectivity index (χ0) is 21.7. The molecule has 0 aliphatic rings. The highest BCUT2D eigenvalue weighted by atomic mass is 32.1. The molecule has 1 heterocycles. The Morgan fingerprint density at radius 3 is 2.33 bits per heavy atom. The molecular formula is C24H25N3O2S. The van der Waals surface area contributed by atoms with Crippen LogP contribution in [-0.4, -0.2) is 16.8 Å². The summed E-state index contributed by atoms with van der Waals surface area (Å²) in [7, 11) is 0. The lowest BCUT2D eigenvalue weighted by Gasteiger charge is -2.18. The van der Waals surface area contributed by atoms with Crippen LogP contribution in [-0.2, 0) is 16.8 Å². The zero-order valence-electron chi connectivity index (χ0n) is 17.4. The lowest BCUT2D eigenvalue weighted by molar-refractivity contribution is -0.116. The first-order valence-corrected chi connectivity index (χ1v) is 10.5. The third kappa shape index (κ3) is 5.42. The maximum absolute atomic E-state index is 12.5. The van der Waals surface area contributed by atoms with E-state index >= 15 is 0 Å². The van der Waals surface area contributed by atoms with Crippen LogP contribution in [0.1, 0.15) is 42.3 Å². The molecule has 0 unspecified atom stereocenters. The van der Waals surface area contributed by atoms with E-state index in [-0.39, 0.29) is 17.2 Å². The minimum atomic E-state index is -0.232. The number of hydrogen-bond donors (Lipinski definition) is 2. The van der Waals surface area contributed by atoms with Crippen molar-refractivity contribution in [3.8, 4) is 11.3 Å². The summed E-state index contributed by atoms with van der Waals surface area (Å²) in [5.74, 6) is -0.454. The summed E-state index contributed by atoms with van der Waals surface area (Å²) < 4.78 is 0. The molecule has 2 amide bonds. The van der Waals surface area contributed by atoms with Gasteiger partial charge in [0.15, 0.2) is 5.13 Å². The molecule has 0 spiro atoms. The van der Waals surface area contributed by atoms with E-state index in [0.29, 0.717) is 17.2 Å². The van der Waals surface area contributed by atoms with Crippen LogP contribution in [0.4, 0.5) is 5.13 Å². The average Bonchev–Trinajstić information content (AvgIpc) is 3.20. The van der Waals surface area contributed by atoms with Crippen LogP contribution in [0.3, 0.4) is 0 Å². The van der Waals surface area contributed by atoms with Crippen LogP contribution < -0.4 is 10.6 Å². The van der Waals surface area contributed by atoms with Crippen LogP contribution >= 0.6 is 11.3 Å². The highest BCUT2D eigenvalue weighted by molar-refractivity contribution is 7.14. The van der Waals surface area contributed by atoms with E-state index in [9.17, 15) is 9.59 Å². The Hall–Kier alpha value is -3.25. The number of thiazole rings is 1. The number of nitrogens with one attached hydrogen (secondary N) is 2. The molecule has 0 bridgehead atoms. The molecule has 3 aromatic rings. The van der Waals surface area contributed by atoms with E-state index in [1.807, 2.05) is 17.5 Å². The van der Waals surface area contributed by atoms with Crippen molar-refractivity contribution in [1.82, 2.24) is 10.3 Å². The van der Waals surface area contributed by atoms with Crippen molar-refractivity contribution in [2.24, 2.45) is 0 Å². The first-order valence-electron chi connectivity index (χ1n) is 9.63. The van der Waals surface area contributed by atoms with Gasteiger partial charge in [-0.25, -0.2) is 4.98 Å². The SMILES string of the molecule is C=CC(=O)NCc1ccc(C(=O)Nc2nc(-c3ccc(C(C)(C)C)cc3)cs2)cc1. The third-order valence-corrected chi connectivity index (χ3v) is 5.40. The zero-order valence-corrected chi connectivity index (χ0v) is 18.2. The predicted octanol–water partition coefficient (Wildman–Crippen LogP) is 5.16. The second kappa shape index (κ2) is 9.05. The molecule has 0 aliphatic carbocycles. The van der Waals surface area contributed by atoms with Gasteiger partial charge in [-0.1, -0.05) is 63.7 Å². The molecule has 0 fully saturated rings. The fraction of sp³-hybridized carbons (Fsp3) is 0.208. The Balaban J connectivity index is 1.63. The molecule has 2 aromatic carbocycles. The molecule has 0 aliphatic heterocycles. The van der Waals surface area contributed by atoms with Gasteiger partial charge in [-0.15, -0.1) is 11.3 Å². The average molecular weight is 420 g/mol. The number of benzene rings is 2. The summed E-state index contributed by atoms with van der Waals surface area (Å²) in [5, 5.41) is 8.04. The van der Waals surface area contributed by atoms with Crippen LogP contribution in [0.25, 0.3) is 11.3 Å². The monoisotopic (exact) mass is 419 g/mol. The number of aromatic nitrogens is 1. The van der Waals surface area contributed by atoms with Crippen molar-refractivity contribution in [1.29, 1.82) is 0 Å². The molecule has 154 valence electrons. The number of rotatable bonds is 6. The van der Waals surface area contributed by atoms with E-state index in [1.54, 1.807) is 12.1 Å². The van der Waals surface area contributed by atoms with Crippen molar-refractivity contribution < 1.29 is 9.59 Å². The number of carbonyl (C=O) groups excluding carboxylic acids is 2. The molecular weight excluding hydrogens is 394 g/mol. The normalized spacial score (nSPS) is 11.0. The largest absolute Gasteiger partial charge is 0.348 e. The lowest BCUT2D eigenvalue weighted by atomic mass is 9.86. The summed E-state index contributed by atoms with van der Waals surface area (Å²) in [6, 6.07) is 15.4. The van der Waals surface area contributed by atoms with Gasteiger partial charge in [-0.3, -0.25) is 14.9 Å². The quantitative estimate of drug-likeness (QED) is 0.542. The Labute approximate surface area is 180 Å². The van der Waals surface area contributed by atoms with Gasteiger partial charge < -0.3 is 5.32 Å². The Kier molecular flexibility index (Phi) is 6.47. The van der Waals surface area contributed by atoms with Gasteiger partial charge in [0.05, 0.1) is 5.69 Å². The van der Waals surface area contributed by atoms with Gasteiger partial charge in [-0.2, -0.15) is 0 Å². The van der Waals surface area contributed by atoms with Gasteiger partial charge in [-0.05, 0) is 34.8 Å². The van der Waals surface area contributed by atoms with E-state index < -0.39 is 0 Å². The van der Waals surface area contributed by atoms with Crippen LogP contribution in [0.5, 0.6) is 0 Å². The fourth-order valence-electron chi connectivity index (χ4n) is 2.81. The van der Waals surface area contributed by atoms with Gasteiger partial charge in [0, 0.05) is 23.1 Å². The maximum Gasteiger partial charge on any atom is 0.257 e. The van der Waals surface area contributed by atoms with Gasteiger partial charge in [0.1, 0.15) is 0 Å². The number of anilines is 1. The highest BCUT2D eigenvalue weighted by Crippen LogP contribution is 2.28. The molecule has 30 heavy (non-hydrogen) atoms. The van der Waals surface area contributed by atoms with E-state index in [1.165, 1.54) is 23.0 Å². The van der Waals surface area contributed by atoms with Crippen molar-refractivity contribution in [3.05, 3.63) is 83.3 Å². The number of amides is 2. The minimum absolute atomic E-state index is 0.104. The van der Waals surface area contributed by atoms with E-state index in [4.69, 9.17) is 0 Å². The molecule has 6 heteroatoms. The standard InChI is InChI=1S/C24H25N3O2S/c1-5-21(28)25-14-16-6-8-18(9-7-16)22(29)27-23-26-20(15-30-23)17-10-12-19(13-11-17)24(2,3)4/h5-13,15H,1,14H2,2-4H3,(H,25,28)(H,26,27,29). The number of carbonyl (C=O) groups is 2. The molecule has 0 radical (unpaired) electrons. The van der Waals surface area contributed by atoms with Crippen molar-refractivity contribution >= 4 is 28.3 Å². The summed E-state index contributed by atoms with van der Waals surface area (Å²) in [6.45, 7) is 10.3. The van der Waals surface area contributed by atoms with Crippen LogP contribution in [0.15, 0.2) is 66.6 Å². The third-order valence-electron chi connectivity index (χ3n) is 4.64. The molecule has 1 aromatic heterocycles. The smallest absolute Gasteiger partial charge is 0.257 e. The summed E-state index contributed by atoms with van der Waals surface area (Å²) >= 11 is 1.39. The molecule has 0 saturated carbocycles. The lowest BCUT2D eigenvalue weighted by Crippen LogP contribution is -2.20. The predicted molar refractivity (Wildman–Crippen MR) is 123 cm³/mol. The van der Waals surface area contributed by atoms with Crippen molar-refractivity contribution in [2.75, 3.05) is 5.32 Å².